The van der Waals surface area contributed by atoms with E-state index in [1.165, 1.54) is 12.8 Å². The van der Waals surface area contributed by atoms with Gasteiger partial charge in [0.2, 0.25) is 5.82 Å². The number of hydrogen-bond acceptors (Lipinski definition) is 6. The van der Waals surface area contributed by atoms with E-state index in [1.54, 1.807) is 0 Å². The summed E-state index contributed by atoms with van der Waals surface area (Å²) in [6.07, 6.45) is 6.14. The largest absolute Gasteiger partial charge is 0.361 e. The number of rotatable bonds is 4. The van der Waals surface area contributed by atoms with Gasteiger partial charge in [-0.2, -0.15) is 4.98 Å². The van der Waals surface area contributed by atoms with E-state index in [0.717, 1.165) is 29.6 Å². The van der Waals surface area contributed by atoms with Gasteiger partial charge in [0, 0.05) is 28.7 Å². The molecular weight excluding hydrogens is 318 g/mol. The lowest BCUT2D eigenvalue weighted by Gasteiger charge is -2.08. The van der Waals surface area contributed by atoms with E-state index >= 15 is 0 Å². The van der Waals surface area contributed by atoms with E-state index in [4.69, 9.17) is 4.52 Å². The molecule has 0 unspecified atom stereocenters. The fourth-order valence-electron chi connectivity index (χ4n) is 3.34. The number of nitrogens with one attached hydrogen (secondary N) is 2. The van der Waals surface area contributed by atoms with Gasteiger partial charge in [-0.1, -0.05) is 22.5 Å². The molecule has 4 heterocycles. The first kappa shape index (κ1) is 14.4. The van der Waals surface area contributed by atoms with Gasteiger partial charge in [-0.3, -0.25) is 4.68 Å². The summed E-state index contributed by atoms with van der Waals surface area (Å²) in [5, 5.41) is 17.0. The summed E-state index contributed by atoms with van der Waals surface area (Å²) in [5.41, 5.74) is 2.56. The Morgan fingerprint density at radius 3 is 3.20 bits per heavy atom. The van der Waals surface area contributed by atoms with Crippen molar-refractivity contribution in [3.8, 4) is 23.0 Å². The number of H-pyrrole nitrogens is 1. The van der Waals surface area contributed by atoms with Gasteiger partial charge in [0.1, 0.15) is 0 Å². The topological polar surface area (TPSA) is 97.5 Å². The van der Waals surface area contributed by atoms with Crippen LogP contribution in [-0.4, -0.2) is 42.7 Å². The zero-order valence-corrected chi connectivity index (χ0v) is 13.5. The molecule has 5 rings (SSSR count). The average Bonchev–Trinajstić information content (AvgIpc) is 3.41. The van der Waals surface area contributed by atoms with E-state index in [1.807, 2.05) is 41.3 Å². The molecule has 0 bridgehead atoms. The van der Waals surface area contributed by atoms with Crippen molar-refractivity contribution in [2.24, 2.45) is 0 Å². The molecule has 1 aliphatic rings. The van der Waals surface area contributed by atoms with Crippen molar-refractivity contribution in [3.05, 3.63) is 36.7 Å². The van der Waals surface area contributed by atoms with Crippen molar-refractivity contribution < 1.29 is 4.52 Å². The summed E-state index contributed by atoms with van der Waals surface area (Å²) in [5.74, 6) is 0.931. The maximum absolute atomic E-state index is 5.41. The molecule has 3 aromatic heterocycles. The van der Waals surface area contributed by atoms with Gasteiger partial charge in [-0.05, 0) is 31.5 Å². The number of nitrogens with zero attached hydrogens (tertiary/aromatic N) is 5. The Labute approximate surface area is 143 Å². The molecule has 0 radical (unpaired) electrons. The highest BCUT2D eigenvalue weighted by atomic mass is 16.5. The molecule has 8 nitrogen and oxygen atoms in total. The second kappa shape index (κ2) is 5.82. The molecule has 0 aliphatic carbocycles. The molecule has 8 heteroatoms. The second-order valence-corrected chi connectivity index (χ2v) is 6.29. The minimum atomic E-state index is 0.383. The summed E-state index contributed by atoms with van der Waals surface area (Å²) in [6.45, 7) is 1.88. The fourth-order valence-corrected chi connectivity index (χ4v) is 3.34. The highest BCUT2D eigenvalue weighted by Crippen LogP contribution is 2.27. The summed E-state index contributed by atoms with van der Waals surface area (Å²) < 4.78 is 7.24. The first-order chi connectivity index (χ1) is 12.4. The van der Waals surface area contributed by atoms with Crippen molar-refractivity contribution >= 4 is 10.9 Å². The molecule has 2 N–H and O–H groups in total. The molecule has 1 fully saturated rings. The lowest BCUT2D eigenvalue weighted by molar-refractivity contribution is 0.431. The van der Waals surface area contributed by atoms with Crippen LogP contribution in [-0.2, 0) is 6.54 Å². The van der Waals surface area contributed by atoms with Crippen molar-refractivity contribution in [3.63, 3.8) is 0 Å². The average molecular weight is 335 g/mol. The van der Waals surface area contributed by atoms with Crippen LogP contribution in [0.25, 0.3) is 33.9 Å². The smallest absolute Gasteiger partial charge is 0.280 e. The minimum absolute atomic E-state index is 0.383. The number of aromatic amines is 1. The Morgan fingerprint density at radius 1 is 1.28 bits per heavy atom. The number of benzene rings is 1. The quantitative estimate of drug-likeness (QED) is 0.593. The van der Waals surface area contributed by atoms with Crippen LogP contribution in [0.1, 0.15) is 12.8 Å². The molecular formula is C17H17N7O. The van der Waals surface area contributed by atoms with Crippen molar-refractivity contribution in [1.29, 1.82) is 0 Å². The molecule has 1 atom stereocenters. The number of aromatic nitrogens is 6. The Balaban J connectivity index is 1.43. The van der Waals surface area contributed by atoms with Crippen LogP contribution in [0, 0.1) is 0 Å². The van der Waals surface area contributed by atoms with Crippen LogP contribution in [0.4, 0.5) is 0 Å². The van der Waals surface area contributed by atoms with Crippen LogP contribution >= 0.6 is 0 Å². The second-order valence-electron chi connectivity index (χ2n) is 6.29. The zero-order chi connectivity index (χ0) is 16.6. The fraction of sp³-hybridized carbons (Fsp3) is 0.294. The van der Waals surface area contributed by atoms with E-state index < -0.39 is 0 Å². The van der Waals surface area contributed by atoms with Gasteiger partial charge in [0.25, 0.3) is 5.89 Å². The number of hydrogen-bond donors (Lipinski definition) is 2. The Kier molecular flexibility index (Phi) is 3.34. The van der Waals surface area contributed by atoms with Crippen molar-refractivity contribution in [1.82, 2.24) is 35.4 Å². The Morgan fingerprint density at radius 2 is 2.28 bits per heavy atom. The predicted molar refractivity (Wildman–Crippen MR) is 91.6 cm³/mol. The van der Waals surface area contributed by atoms with E-state index in [-0.39, 0.29) is 0 Å². The lowest BCUT2D eigenvalue weighted by Crippen LogP contribution is -2.26. The Bertz CT molecular complexity index is 1010. The molecule has 0 amide bonds. The van der Waals surface area contributed by atoms with Crippen LogP contribution in [0.3, 0.4) is 0 Å². The lowest BCUT2D eigenvalue weighted by atomic mass is 10.1. The third-order valence-electron chi connectivity index (χ3n) is 4.59. The Hall–Kier alpha value is -3.00. The normalized spacial score (nSPS) is 17.5. The molecule has 0 saturated carbocycles. The third kappa shape index (κ3) is 2.60. The molecule has 25 heavy (non-hydrogen) atoms. The zero-order valence-electron chi connectivity index (χ0n) is 13.5. The first-order valence-corrected chi connectivity index (χ1v) is 8.41. The molecule has 1 saturated heterocycles. The minimum Gasteiger partial charge on any atom is -0.361 e. The summed E-state index contributed by atoms with van der Waals surface area (Å²) in [4.78, 5) is 7.69. The maximum Gasteiger partial charge on any atom is 0.280 e. The molecule has 126 valence electrons. The molecule has 1 aliphatic heterocycles. The van der Waals surface area contributed by atoms with Gasteiger partial charge in [-0.25, -0.2) is 0 Å². The number of fused-ring (bicyclic) bond motifs is 1. The third-order valence-corrected chi connectivity index (χ3v) is 4.59. The van der Waals surface area contributed by atoms with Crippen LogP contribution in [0.5, 0.6) is 0 Å². The molecule has 0 spiro atoms. The van der Waals surface area contributed by atoms with Gasteiger partial charge in [-0.15, -0.1) is 5.10 Å². The van der Waals surface area contributed by atoms with E-state index in [9.17, 15) is 0 Å². The first-order valence-electron chi connectivity index (χ1n) is 8.41. The van der Waals surface area contributed by atoms with E-state index in [0.29, 0.717) is 23.5 Å². The van der Waals surface area contributed by atoms with Gasteiger partial charge < -0.3 is 14.8 Å². The van der Waals surface area contributed by atoms with Gasteiger partial charge in [0.15, 0.2) is 5.69 Å². The summed E-state index contributed by atoms with van der Waals surface area (Å²) in [6, 6.07) is 8.43. The van der Waals surface area contributed by atoms with E-state index in [2.05, 4.69) is 30.8 Å². The van der Waals surface area contributed by atoms with Crippen LogP contribution in [0.2, 0.25) is 0 Å². The highest BCUT2D eigenvalue weighted by molar-refractivity contribution is 5.93. The summed E-state index contributed by atoms with van der Waals surface area (Å²) >= 11 is 0. The molecule has 4 aromatic rings. The SMILES string of the molecule is c1cc(-c2noc(-c3cn(C[C@@H]4CCCN4)nn3)n2)c2cc[nH]c2c1. The van der Waals surface area contributed by atoms with Crippen molar-refractivity contribution in [2.75, 3.05) is 6.54 Å². The monoisotopic (exact) mass is 335 g/mol. The van der Waals surface area contributed by atoms with Crippen LogP contribution < -0.4 is 5.32 Å². The van der Waals surface area contributed by atoms with Gasteiger partial charge >= 0.3 is 0 Å². The molecule has 1 aromatic carbocycles. The maximum atomic E-state index is 5.41. The predicted octanol–water partition coefficient (Wildman–Crippen LogP) is 2.23. The van der Waals surface area contributed by atoms with Gasteiger partial charge in [0.05, 0.1) is 12.7 Å². The van der Waals surface area contributed by atoms with Crippen molar-refractivity contribution in [2.45, 2.75) is 25.4 Å². The van der Waals surface area contributed by atoms with Crippen LogP contribution in [0.15, 0.2) is 41.2 Å². The summed E-state index contributed by atoms with van der Waals surface area (Å²) in [7, 11) is 0. The standard InChI is InChI=1S/C17H17N7O/c1-4-13(12-6-8-19-14(12)5-1)16-20-17(25-22-16)15-10-24(23-21-15)9-11-3-2-7-18-11/h1,4-6,8,10-11,18-19H,2-3,7,9H2/t11-/m0/s1. The highest BCUT2D eigenvalue weighted by Gasteiger charge is 2.18.